The van der Waals surface area contributed by atoms with E-state index >= 15 is 0 Å². The average molecular weight is 342 g/mol. The van der Waals surface area contributed by atoms with Crippen LogP contribution in [0, 0.1) is 12.8 Å². The van der Waals surface area contributed by atoms with Crippen LogP contribution in [0.1, 0.15) is 34.9 Å². The van der Waals surface area contributed by atoms with E-state index in [1.165, 1.54) is 5.56 Å². The number of rotatable bonds is 4. The predicted molar refractivity (Wildman–Crippen MR) is 95.6 cm³/mol. The zero-order chi connectivity index (χ0) is 17.1. The fraction of sp³-hybridized carbons (Fsp3) is 0.368. The molecule has 24 heavy (non-hydrogen) atoms. The standard InChI is InChI=1S/C19H22N2O2S/c1-13-5-3-6-14(11-13)12-20-19(23)15-8-9-17(22)21(2)18(15)16-7-4-10-24-16/h3-7,10-11,15,18H,8-9,12H2,1-2H3,(H,20,23)/t15-,18+/m0/s1. The minimum absolute atomic E-state index is 0.0225. The molecule has 0 spiro atoms. The number of hydrogen-bond donors (Lipinski definition) is 1. The Kier molecular flexibility index (Phi) is 5.00. The fourth-order valence-corrected chi connectivity index (χ4v) is 4.24. The zero-order valence-electron chi connectivity index (χ0n) is 14.0. The molecular formula is C19H22N2O2S. The van der Waals surface area contributed by atoms with E-state index < -0.39 is 0 Å². The van der Waals surface area contributed by atoms with Crippen molar-refractivity contribution in [3.8, 4) is 0 Å². The number of benzene rings is 1. The van der Waals surface area contributed by atoms with E-state index in [-0.39, 0.29) is 23.8 Å². The van der Waals surface area contributed by atoms with Gasteiger partial charge in [0.15, 0.2) is 0 Å². The van der Waals surface area contributed by atoms with Crippen molar-refractivity contribution >= 4 is 23.2 Å². The SMILES string of the molecule is Cc1cccc(CNC(=O)[C@H]2CCC(=O)N(C)[C@H]2c2cccs2)c1. The van der Waals surface area contributed by atoms with E-state index in [1.807, 2.05) is 42.6 Å². The van der Waals surface area contributed by atoms with Crippen LogP contribution in [-0.4, -0.2) is 23.8 Å². The number of amides is 2. The summed E-state index contributed by atoms with van der Waals surface area (Å²) in [6.45, 7) is 2.56. The minimum atomic E-state index is -0.198. The van der Waals surface area contributed by atoms with Gasteiger partial charge in [-0.05, 0) is 30.4 Å². The molecule has 0 bridgehead atoms. The molecule has 1 saturated heterocycles. The first-order valence-electron chi connectivity index (χ1n) is 8.18. The molecule has 1 aliphatic heterocycles. The third-order valence-corrected chi connectivity index (χ3v) is 5.52. The first-order chi connectivity index (χ1) is 11.6. The van der Waals surface area contributed by atoms with E-state index in [4.69, 9.17) is 0 Å². The second-order valence-electron chi connectivity index (χ2n) is 6.32. The van der Waals surface area contributed by atoms with E-state index in [2.05, 4.69) is 11.4 Å². The van der Waals surface area contributed by atoms with Crippen molar-refractivity contribution < 1.29 is 9.59 Å². The van der Waals surface area contributed by atoms with Gasteiger partial charge in [-0.1, -0.05) is 35.9 Å². The van der Waals surface area contributed by atoms with Crippen LogP contribution in [-0.2, 0) is 16.1 Å². The lowest BCUT2D eigenvalue weighted by atomic mass is 9.87. The van der Waals surface area contributed by atoms with E-state index in [9.17, 15) is 9.59 Å². The minimum Gasteiger partial charge on any atom is -0.352 e. The van der Waals surface area contributed by atoms with Gasteiger partial charge in [-0.15, -0.1) is 11.3 Å². The van der Waals surface area contributed by atoms with Crippen LogP contribution in [0.2, 0.25) is 0 Å². The topological polar surface area (TPSA) is 49.4 Å². The summed E-state index contributed by atoms with van der Waals surface area (Å²) in [6, 6.07) is 11.9. The lowest BCUT2D eigenvalue weighted by Crippen LogP contribution is -2.45. The molecule has 1 aliphatic rings. The van der Waals surface area contributed by atoms with Crippen LogP contribution in [0.5, 0.6) is 0 Å². The van der Waals surface area contributed by atoms with Crippen molar-refractivity contribution in [1.82, 2.24) is 10.2 Å². The van der Waals surface area contributed by atoms with Crippen molar-refractivity contribution in [2.24, 2.45) is 5.92 Å². The number of hydrogen-bond acceptors (Lipinski definition) is 3. The number of nitrogens with one attached hydrogen (secondary N) is 1. The van der Waals surface area contributed by atoms with Gasteiger partial charge in [-0.3, -0.25) is 9.59 Å². The molecular weight excluding hydrogens is 320 g/mol. The number of carbonyl (C=O) groups is 2. The largest absolute Gasteiger partial charge is 0.352 e. The lowest BCUT2D eigenvalue weighted by Gasteiger charge is -2.37. The first-order valence-corrected chi connectivity index (χ1v) is 9.06. The van der Waals surface area contributed by atoms with Crippen molar-refractivity contribution in [3.63, 3.8) is 0 Å². The van der Waals surface area contributed by atoms with Gasteiger partial charge in [0.05, 0.1) is 12.0 Å². The number of carbonyl (C=O) groups excluding carboxylic acids is 2. The summed E-state index contributed by atoms with van der Waals surface area (Å²) in [5, 5.41) is 5.04. The van der Waals surface area contributed by atoms with Gasteiger partial charge >= 0.3 is 0 Å². The summed E-state index contributed by atoms with van der Waals surface area (Å²) in [4.78, 5) is 27.7. The van der Waals surface area contributed by atoms with Gasteiger partial charge in [0.2, 0.25) is 11.8 Å². The Hall–Kier alpha value is -2.14. The van der Waals surface area contributed by atoms with E-state index in [0.29, 0.717) is 19.4 Å². The van der Waals surface area contributed by atoms with Crippen molar-refractivity contribution in [2.75, 3.05) is 7.05 Å². The summed E-state index contributed by atoms with van der Waals surface area (Å²) < 4.78 is 0. The Labute approximate surface area is 146 Å². The van der Waals surface area contributed by atoms with Crippen LogP contribution >= 0.6 is 11.3 Å². The molecule has 3 rings (SSSR count). The normalized spacial score (nSPS) is 20.9. The summed E-state index contributed by atoms with van der Waals surface area (Å²) in [5.74, 6) is -0.0680. The quantitative estimate of drug-likeness (QED) is 0.927. The smallest absolute Gasteiger partial charge is 0.225 e. The Morgan fingerprint density at radius 3 is 2.88 bits per heavy atom. The van der Waals surface area contributed by atoms with Gasteiger partial charge in [-0.25, -0.2) is 0 Å². The highest BCUT2D eigenvalue weighted by Gasteiger charge is 2.39. The van der Waals surface area contributed by atoms with Crippen molar-refractivity contribution in [3.05, 3.63) is 57.8 Å². The number of piperidine rings is 1. The summed E-state index contributed by atoms with van der Waals surface area (Å²) in [6.07, 6.45) is 1.03. The van der Waals surface area contributed by atoms with Crippen molar-refractivity contribution in [2.45, 2.75) is 32.4 Å². The maximum Gasteiger partial charge on any atom is 0.225 e. The maximum absolute atomic E-state index is 12.8. The van der Waals surface area contributed by atoms with Crippen LogP contribution in [0.25, 0.3) is 0 Å². The lowest BCUT2D eigenvalue weighted by molar-refractivity contribution is -0.141. The molecule has 1 aromatic carbocycles. The molecule has 4 nitrogen and oxygen atoms in total. The molecule has 2 amide bonds. The van der Waals surface area contributed by atoms with E-state index in [0.717, 1.165) is 10.4 Å². The number of nitrogens with zero attached hydrogens (tertiary/aromatic N) is 1. The molecule has 0 aliphatic carbocycles. The molecule has 2 atom stereocenters. The molecule has 2 aromatic rings. The fourth-order valence-electron chi connectivity index (χ4n) is 3.30. The number of aryl methyl sites for hydroxylation is 1. The van der Waals surface area contributed by atoms with Gasteiger partial charge in [0, 0.05) is 24.9 Å². The van der Waals surface area contributed by atoms with Gasteiger partial charge < -0.3 is 10.2 Å². The first kappa shape index (κ1) is 16.7. The Morgan fingerprint density at radius 2 is 2.17 bits per heavy atom. The number of thiophene rings is 1. The van der Waals surface area contributed by atoms with Crippen molar-refractivity contribution in [1.29, 1.82) is 0 Å². The second kappa shape index (κ2) is 7.18. The molecule has 0 radical (unpaired) electrons. The van der Waals surface area contributed by atoms with E-state index in [1.54, 1.807) is 23.3 Å². The van der Waals surface area contributed by atoms with Crippen LogP contribution in [0.3, 0.4) is 0 Å². The summed E-state index contributed by atoms with van der Waals surface area (Å²) in [7, 11) is 1.80. The van der Waals surface area contributed by atoms with Gasteiger partial charge in [0.25, 0.3) is 0 Å². The molecule has 1 fully saturated rings. The third kappa shape index (κ3) is 3.51. The summed E-state index contributed by atoms with van der Waals surface area (Å²) >= 11 is 1.60. The maximum atomic E-state index is 12.8. The molecule has 0 saturated carbocycles. The van der Waals surface area contributed by atoms with Crippen LogP contribution in [0.4, 0.5) is 0 Å². The molecule has 2 heterocycles. The molecule has 126 valence electrons. The summed E-state index contributed by atoms with van der Waals surface area (Å²) in [5.41, 5.74) is 2.28. The Morgan fingerprint density at radius 1 is 1.33 bits per heavy atom. The zero-order valence-corrected chi connectivity index (χ0v) is 14.8. The highest BCUT2D eigenvalue weighted by molar-refractivity contribution is 7.10. The average Bonchev–Trinajstić information content (AvgIpc) is 3.09. The molecule has 0 unspecified atom stereocenters. The second-order valence-corrected chi connectivity index (χ2v) is 7.30. The Balaban J connectivity index is 1.73. The molecule has 1 N–H and O–H groups in total. The van der Waals surface area contributed by atoms with Gasteiger partial charge in [0.1, 0.15) is 0 Å². The number of likely N-dealkylation sites (tertiary alicyclic amines) is 1. The highest BCUT2D eigenvalue weighted by Crippen LogP contribution is 2.37. The molecule has 1 aromatic heterocycles. The van der Waals surface area contributed by atoms with Crippen LogP contribution < -0.4 is 5.32 Å². The Bertz CT molecular complexity index is 727. The highest BCUT2D eigenvalue weighted by atomic mass is 32.1. The third-order valence-electron chi connectivity index (χ3n) is 4.58. The van der Waals surface area contributed by atoms with Gasteiger partial charge in [-0.2, -0.15) is 0 Å². The van der Waals surface area contributed by atoms with Crippen LogP contribution in [0.15, 0.2) is 41.8 Å². The predicted octanol–water partition coefficient (Wildman–Crippen LogP) is 3.28. The monoisotopic (exact) mass is 342 g/mol. The molecule has 5 heteroatoms.